The second-order valence-corrected chi connectivity index (χ2v) is 7.37. The number of carboxylic acids is 1. The number of amides is 2. The summed E-state index contributed by atoms with van der Waals surface area (Å²) in [7, 11) is 1.12. The molecule has 0 saturated carbocycles. The van der Waals surface area contributed by atoms with Crippen molar-refractivity contribution in [1.82, 2.24) is 9.80 Å². The van der Waals surface area contributed by atoms with Gasteiger partial charge >= 0.3 is 11.9 Å². The number of methoxy groups -OCH3 is 1. The zero-order valence-corrected chi connectivity index (χ0v) is 16.0. The van der Waals surface area contributed by atoms with Gasteiger partial charge in [-0.2, -0.15) is 0 Å². The Bertz CT molecular complexity index is 730. The number of carbonyl (C=O) groups excluding carboxylic acids is 3. The summed E-state index contributed by atoms with van der Waals surface area (Å²) < 4.78 is 4.71. The van der Waals surface area contributed by atoms with Crippen molar-refractivity contribution in [2.24, 2.45) is 0 Å². The minimum absolute atomic E-state index is 0.108. The molecule has 2 aliphatic rings. The first-order valence-corrected chi connectivity index (χ1v) is 9.16. The van der Waals surface area contributed by atoms with Crippen molar-refractivity contribution in [1.29, 1.82) is 0 Å². The molecule has 0 bridgehead atoms. The quantitative estimate of drug-likeness (QED) is 0.321. The average Bonchev–Trinajstić information content (AvgIpc) is 3.00. The highest BCUT2D eigenvalue weighted by Gasteiger charge is 2.43. The van der Waals surface area contributed by atoms with E-state index < -0.39 is 23.8 Å². The van der Waals surface area contributed by atoms with Crippen LogP contribution in [0.25, 0.3) is 0 Å². The van der Waals surface area contributed by atoms with Gasteiger partial charge in [-0.05, 0) is 26.1 Å². The predicted octanol–water partition coefficient (Wildman–Crippen LogP) is 1.14. The Labute approximate surface area is 157 Å². The molecule has 2 aliphatic heterocycles. The summed E-state index contributed by atoms with van der Waals surface area (Å²) in [5, 5.41) is 9.39. The van der Waals surface area contributed by atoms with Crippen LogP contribution in [-0.4, -0.2) is 64.0 Å². The van der Waals surface area contributed by atoms with Gasteiger partial charge in [0, 0.05) is 13.1 Å². The van der Waals surface area contributed by atoms with Gasteiger partial charge in [0.05, 0.1) is 11.3 Å². The summed E-state index contributed by atoms with van der Waals surface area (Å²) in [4.78, 5) is 50.6. The van der Waals surface area contributed by atoms with E-state index in [4.69, 9.17) is 12.2 Å². The second kappa shape index (κ2) is 7.58. The molecule has 1 fully saturated rings. The van der Waals surface area contributed by atoms with Crippen molar-refractivity contribution in [2.45, 2.75) is 13.8 Å². The van der Waals surface area contributed by atoms with E-state index in [-0.39, 0.29) is 37.8 Å². The van der Waals surface area contributed by atoms with Gasteiger partial charge in [0.25, 0.3) is 11.8 Å². The van der Waals surface area contributed by atoms with Crippen molar-refractivity contribution in [2.75, 3.05) is 20.2 Å². The number of ether oxygens (including phenoxy) is 1. The van der Waals surface area contributed by atoms with Crippen LogP contribution in [0.15, 0.2) is 19.6 Å². The molecule has 0 atom stereocenters. The second-order valence-electron chi connectivity index (χ2n) is 4.70. The Morgan fingerprint density at radius 3 is 1.96 bits per heavy atom. The third kappa shape index (κ3) is 3.31. The molecule has 2 amide bonds. The third-order valence-corrected chi connectivity index (χ3v) is 6.38. The summed E-state index contributed by atoms with van der Waals surface area (Å²) in [5.74, 6) is -3.38. The summed E-state index contributed by atoms with van der Waals surface area (Å²) in [5.41, 5.74) is -0.190. The molecule has 0 aromatic rings. The number of likely N-dealkylation sites (N-methyl/N-ethyl adjacent to an activating group) is 2. The van der Waals surface area contributed by atoms with Crippen LogP contribution in [-0.2, 0) is 23.9 Å². The maximum Gasteiger partial charge on any atom is 0.346 e. The zero-order valence-electron chi connectivity index (χ0n) is 13.5. The van der Waals surface area contributed by atoms with E-state index in [2.05, 4.69) is 4.74 Å². The molecule has 0 aliphatic carbocycles. The van der Waals surface area contributed by atoms with E-state index in [1.54, 1.807) is 13.8 Å². The van der Waals surface area contributed by atoms with Crippen LogP contribution in [0.4, 0.5) is 0 Å². The van der Waals surface area contributed by atoms with Gasteiger partial charge in [0.15, 0.2) is 5.11 Å². The van der Waals surface area contributed by atoms with Crippen molar-refractivity contribution < 1.29 is 29.0 Å². The van der Waals surface area contributed by atoms with Crippen molar-refractivity contribution in [3.63, 3.8) is 0 Å². The topological polar surface area (TPSA) is 104 Å². The summed E-state index contributed by atoms with van der Waals surface area (Å²) >= 11 is 6.62. The Morgan fingerprint density at radius 1 is 1.08 bits per heavy atom. The van der Waals surface area contributed by atoms with Crippen LogP contribution in [0, 0.1) is 0 Å². The summed E-state index contributed by atoms with van der Waals surface area (Å²) in [6.07, 6.45) is 0. The van der Waals surface area contributed by atoms with Gasteiger partial charge in [-0.25, -0.2) is 9.59 Å². The number of nitrogens with zero attached hydrogens (tertiary/aromatic N) is 2. The summed E-state index contributed by atoms with van der Waals surface area (Å²) in [6.45, 7) is 3.95. The largest absolute Gasteiger partial charge is 0.477 e. The number of carbonyl (C=O) groups is 4. The lowest BCUT2D eigenvalue weighted by atomic mass is 10.2. The number of aliphatic carboxylic acids is 1. The van der Waals surface area contributed by atoms with E-state index in [9.17, 15) is 24.3 Å². The fraction of sp³-hybridized carbons (Fsp3) is 0.357. The molecule has 2 rings (SSSR count). The Morgan fingerprint density at radius 2 is 1.56 bits per heavy atom. The number of thiocarbonyl (C=S) groups is 1. The molecule has 8 nitrogen and oxygen atoms in total. The smallest absolute Gasteiger partial charge is 0.346 e. The fourth-order valence-corrected chi connectivity index (χ4v) is 5.06. The molecule has 0 spiro atoms. The molecule has 134 valence electrons. The number of carboxylic acid groups (broad SMARTS) is 1. The van der Waals surface area contributed by atoms with E-state index in [0.29, 0.717) is 11.8 Å². The van der Waals surface area contributed by atoms with E-state index in [0.717, 1.165) is 18.9 Å². The van der Waals surface area contributed by atoms with Gasteiger partial charge in [-0.1, -0.05) is 23.5 Å². The fourth-order valence-electron chi connectivity index (χ4n) is 2.18. The maximum absolute atomic E-state index is 12.7. The molecule has 25 heavy (non-hydrogen) atoms. The van der Waals surface area contributed by atoms with Crippen molar-refractivity contribution in [3.8, 4) is 0 Å². The highest BCUT2D eigenvalue weighted by molar-refractivity contribution is 8.29. The minimum Gasteiger partial charge on any atom is -0.477 e. The van der Waals surface area contributed by atoms with Gasteiger partial charge in [0.1, 0.15) is 15.4 Å². The van der Waals surface area contributed by atoms with E-state index in [1.165, 1.54) is 9.80 Å². The molecular weight excluding hydrogens is 388 g/mol. The lowest BCUT2D eigenvalue weighted by Gasteiger charge is -2.35. The zero-order chi connectivity index (χ0) is 18.9. The first-order valence-electron chi connectivity index (χ1n) is 7.11. The maximum atomic E-state index is 12.7. The molecular formula is C14H14N2O6S3. The Balaban J connectivity index is 2.53. The molecule has 0 aromatic heterocycles. The minimum atomic E-state index is -1.33. The van der Waals surface area contributed by atoms with Gasteiger partial charge < -0.3 is 9.84 Å². The number of hydrogen-bond donors (Lipinski definition) is 1. The van der Waals surface area contributed by atoms with Crippen LogP contribution >= 0.6 is 35.7 Å². The standard InChI is InChI=1S/C14H14N2O6S3/c1-4-15-9(17)6(10(18)16(5-2)14(15)23)13-24-7(11(19)20)8(25-13)12(21)22-3/h4-5H2,1-3H3,(H,19,20). The predicted molar refractivity (Wildman–Crippen MR) is 96.3 cm³/mol. The Kier molecular flexibility index (Phi) is 5.91. The van der Waals surface area contributed by atoms with Crippen LogP contribution < -0.4 is 0 Å². The first-order chi connectivity index (χ1) is 11.8. The molecule has 0 unspecified atom stereocenters. The van der Waals surface area contributed by atoms with Gasteiger partial charge in [0.2, 0.25) is 0 Å². The SMILES string of the molecule is CCN1C(=O)C(=C2SC(C(=O)O)=C(C(=O)OC)S2)C(=O)N(CC)C1=S. The highest BCUT2D eigenvalue weighted by atomic mass is 32.2. The van der Waals surface area contributed by atoms with Gasteiger partial charge in [-0.3, -0.25) is 19.4 Å². The number of esters is 1. The highest BCUT2D eigenvalue weighted by Crippen LogP contribution is 2.51. The lowest BCUT2D eigenvalue weighted by Crippen LogP contribution is -2.56. The average molecular weight is 402 g/mol. The molecule has 0 aromatic carbocycles. The van der Waals surface area contributed by atoms with Crippen LogP contribution in [0.2, 0.25) is 0 Å². The molecule has 1 saturated heterocycles. The number of thioether (sulfide) groups is 2. The summed E-state index contributed by atoms with van der Waals surface area (Å²) in [6, 6.07) is 0. The van der Waals surface area contributed by atoms with Crippen molar-refractivity contribution in [3.05, 3.63) is 19.6 Å². The molecule has 1 N–H and O–H groups in total. The Hall–Kier alpha value is -1.85. The normalized spacial score (nSPS) is 18.4. The van der Waals surface area contributed by atoms with Gasteiger partial charge in [-0.15, -0.1) is 0 Å². The van der Waals surface area contributed by atoms with Crippen LogP contribution in [0.5, 0.6) is 0 Å². The first kappa shape index (κ1) is 19.5. The molecule has 2 heterocycles. The van der Waals surface area contributed by atoms with Crippen LogP contribution in [0.1, 0.15) is 13.8 Å². The number of rotatable bonds is 4. The molecule has 11 heteroatoms. The van der Waals surface area contributed by atoms with Crippen LogP contribution in [0.3, 0.4) is 0 Å². The third-order valence-electron chi connectivity index (χ3n) is 3.38. The molecule has 0 radical (unpaired) electrons. The monoisotopic (exact) mass is 402 g/mol. The van der Waals surface area contributed by atoms with Crippen molar-refractivity contribution >= 4 is 64.6 Å². The lowest BCUT2D eigenvalue weighted by molar-refractivity contribution is -0.136. The number of hydrogen-bond acceptors (Lipinski definition) is 8. The van der Waals surface area contributed by atoms with E-state index >= 15 is 0 Å². The van der Waals surface area contributed by atoms with E-state index in [1.807, 2.05) is 0 Å².